The minimum absolute atomic E-state index is 0.103. The van der Waals surface area contributed by atoms with Crippen molar-refractivity contribution >= 4 is 18.2 Å². The molecule has 0 spiro atoms. The second-order valence-electron chi connectivity index (χ2n) is 5.31. The number of benzene rings is 1. The summed E-state index contributed by atoms with van der Waals surface area (Å²) in [4.78, 5) is 38.7. The normalized spacial score (nSPS) is 10.1. The van der Waals surface area contributed by atoms with Gasteiger partial charge in [0, 0.05) is 23.9 Å². The summed E-state index contributed by atoms with van der Waals surface area (Å²) in [6, 6.07) is 8.42. The highest BCUT2D eigenvalue weighted by atomic mass is 16.5. The lowest BCUT2D eigenvalue weighted by molar-refractivity contribution is -0.142. The van der Waals surface area contributed by atoms with Crippen molar-refractivity contribution in [3.63, 3.8) is 0 Å². The van der Waals surface area contributed by atoms with E-state index in [0.29, 0.717) is 29.0 Å². The summed E-state index contributed by atoms with van der Waals surface area (Å²) in [5.41, 5.74) is 2.09. The summed E-state index contributed by atoms with van der Waals surface area (Å²) in [5, 5.41) is 2.61. The molecular weight excluding hydrogens is 336 g/mol. The van der Waals surface area contributed by atoms with Crippen molar-refractivity contribution in [2.75, 3.05) is 20.3 Å². The lowest BCUT2D eigenvalue weighted by atomic mass is 10.0. The lowest BCUT2D eigenvalue weighted by Crippen LogP contribution is -2.27. The fraction of sp³-hybridized carbons (Fsp3) is 0.263. The minimum Gasteiger partial charge on any atom is -0.497 e. The van der Waals surface area contributed by atoms with Crippen LogP contribution in [0, 0.1) is 0 Å². The highest BCUT2D eigenvalue weighted by Gasteiger charge is 2.11. The molecule has 0 unspecified atom stereocenters. The number of carbonyl (C=O) groups is 3. The summed E-state index contributed by atoms with van der Waals surface area (Å²) in [6.45, 7) is 2.21. The predicted octanol–water partition coefficient (Wildman–Crippen LogP) is 2.25. The van der Waals surface area contributed by atoms with Crippen molar-refractivity contribution in [1.82, 2.24) is 10.3 Å². The van der Waals surface area contributed by atoms with Gasteiger partial charge in [-0.25, -0.2) is 0 Å². The maximum atomic E-state index is 12.0. The number of amides is 1. The van der Waals surface area contributed by atoms with Crippen LogP contribution in [0.2, 0.25) is 0 Å². The van der Waals surface area contributed by atoms with E-state index in [-0.39, 0.29) is 30.5 Å². The zero-order chi connectivity index (χ0) is 18.9. The largest absolute Gasteiger partial charge is 0.497 e. The van der Waals surface area contributed by atoms with Crippen molar-refractivity contribution in [3.05, 3.63) is 47.8 Å². The molecule has 1 amide bonds. The Balaban J connectivity index is 2.05. The van der Waals surface area contributed by atoms with E-state index in [1.807, 2.05) is 0 Å². The Morgan fingerprint density at radius 2 is 2.04 bits per heavy atom. The van der Waals surface area contributed by atoms with E-state index in [9.17, 15) is 14.4 Å². The first-order chi connectivity index (χ1) is 12.6. The van der Waals surface area contributed by atoms with Crippen molar-refractivity contribution in [1.29, 1.82) is 0 Å². The van der Waals surface area contributed by atoms with Crippen molar-refractivity contribution in [2.45, 2.75) is 13.3 Å². The molecule has 1 heterocycles. The van der Waals surface area contributed by atoms with Crippen molar-refractivity contribution < 1.29 is 23.9 Å². The van der Waals surface area contributed by atoms with Crippen LogP contribution in [0.5, 0.6) is 5.75 Å². The highest BCUT2D eigenvalue weighted by molar-refractivity contribution is 5.93. The molecule has 136 valence electrons. The van der Waals surface area contributed by atoms with Crippen LogP contribution in [0.4, 0.5) is 0 Å². The maximum Gasteiger partial charge on any atom is 0.307 e. The number of hydrogen-bond donors (Lipinski definition) is 1. The number of carbonyl (C=O) groups excluding carboxylic acids is 3. The van der Waals surface area contributed by atoms with Crippen LogP contribution >= 0.6 is 0 Å². The van der Waals surface area contributed by atoms with Gasteiger partial charge < -0.3 is 14.8 Å². The third kappa shape index (κ3) is 4.89. The van der Waals surface area contributed by atoms with E-state index in [1.165, 1.54) is 13.3 Å². The van der Waals surface area contributed by atoms with Gasteiger partial charge in [-0.3, -0.25) is 19.4 Å². The first-order valence-electron chi connectivity index (χ1n) is 8.12. The Morgan fingerprint density at radius 3 is 2.65 bits per heavy atom. The van der Waals surface area contributed by atoms with Crippen LogP contribution in [0.15, 0.2) is 36.5 Å². The number of nitrogens with one attached hydrogen (secondary N) is 1. The Kier molecular flexibility index (Phi) is 6.84. The average molecular weight is 356 g/mol. The molecule has 0 saturated carbocycles. The first kappa shape index (κ1) is 19.1. The maximum absolute atomic E-state index is 12.0. The summed E-state index contributed by atoms with van der Waals surface area (Å²) in [5.74, 6) is -0.162. The number of pyridine rings is 1. The number of ether oxygens (including phenoxy) is 2. The number of hydrogen-bond acceptors (Lipinski definition) is 6. The molecule has 1 aromatic heterocycles. The molecule has 0 saturated heterocycles. The van der Waals surface area contributed by atoms with Gasteiger partial charge in [0.25, 0.3) is 5.91 Å². The Bertz CT molecular complexity index is 787. The van der Waals surface area contributed by atoms with Gasteiger partial charge in [-0.1, -0.05) is 6.07 Å². The molecule has 7 nitrogen and oxygen atoms in total. The fourth-order valence-corrected chi connectivity index (χ4v) is 2.32. The number of nitrogens with zero attached hydrogens (tertiary/aromatic N) is 1. The second-order valence-corrected chi connectivity index (χ2v) is 5.31. The molecule has 7 heteroatoms. The highest BCUT2D eigenvalue weighted by Crippen LogP contribution is 2.26. The van der Waals surface area contributed by atoms with Crippen LogP contribution < -0.4 is 10.1 Å². The average Bonchev–Trinajstić information content (AvgIpc) is 2.67. The second kappa shape index (κ2) is 9.31. The standard InChI is InChI=1S/C19H20N2O5/c1-3-26-18(23)8-9-20-19(24)17-7-4-13(11-21-17)16-6-5-15(25-2)10-14(16)12-22/h4-7,10-12H,3,8-9H2,1-2H3,(H,20,24). The molecular formula is C19H20N2O5. The van der Waals surface area contributed by atoms with Crippen molar-refractivity contribution in [2.24, 2.45) is 0 Å². The molecule has 26 heavy (non-hydrogen) atoms. The molecule has 0 radical (unpaired) electrons. The van der Waals surface area contributed by atoms with E-state index in [2.05, 4.69) is 10.3 Å². The summed E-state index contributed by atoms with van der Waals surface area (Å²) in [7, 11) is 1.53. The Labute approximate surface area is 151 Å². The third-order valence-electron chi connectivity index (χ3n) is 3.61. The molecule has 0 fully saturated rings. The van der Waals surface area contributed by atoms with Gasteiger partial charge >= 0.3 is 5.97 Å². The van der Waals surface area contributed by atoms with E-state index >= 15 is 0 Å². The molecule has 0 atom stereocenters. The van der Waals surface area contributed by atoms with Crippen LogP contribution in [0.1, 0.15) is 34.2 Å². The summed E-state index contributed by atoms with van der Waals surface area (Å²) >= 11 is 0. The molecule has 2 rings (SSSR count). The van der Waals surface area contributed by atoms with E-state index in [0.717, 1.165) is 6.29 Å². The molecule has 0 aliphatic rings. The van der Waals surface area contributed by atoms with Crippen LogP contribution in [0.25, 0.3) is 11.1 Å². The van der Waals surface area contributed by atoms with E-state index in [1.54, 1.807) is 37.3 Å². The van der Waals surface area contributed by atoms with Crippen LogP contribution in [-0.2, 0) is 9.53 Å². The molecule has 1 aromatic carbocycles. The fourth-order valence-electron chi connectivity index (χ4n) is 2.32. The molecule has 0 aliphatic carbocycles. The lowest BCUT2D eigenvalue weighted by Gasteiger charge is -2.08. The van der Waals surface area contributed by atoms with Gasteiger partial charge in [-0.15, -0.1) is 0 Å². The number of esters is 1. The number of rotatable bonds is 8. The molecule has 1 N–H and O–H groups in total. The third-order valence-corrected chi connectivity index (χ3v) is 3.61. The van der Waals surface area contributed by atoms with E-state index < -0.39 is 0 Å². The van der Waals surface area contributed by atoms with Gasteiger partial charge in [0.05, 0.1) is 20.1 Å². The predicted molar refractivity (Wildman–Crippen MR) is 95.2 cm³/mol. The topological polar surface area (TPSA) is 94.6 Å². The zero-order valence-corrected chi connectivity index (χ0v) is 14.7. The molecule has 0 aliphatic heterocycles. The zero-order valence-electron chi connectivity index (χ0n) is 14.7. The minimum atomic E-state index is -0.383. The molecule has 2 aromatic rings. The monoisotopic (exact) mass is 356 g/mol. The summed E-state index contributed by atoms with van der Waals surface area (Å²) < 4.78 is 9.90. The van der Waals surface area contributed by atoms with Gasteiger partial charge in [-0.05, 0) is 36.8 Å². The van der Waals surface area contributed by atoms with Gasteiger partial charge in [-0.2, -0.15) is 0 Å². The quantitative estimate of drug-likeness (QED) is 0.576. The first-order valence-corrected chi connectivity index (χ1v) is 8.12. The number of aromatic nitrogens is 1. The van der Waals surface area contributed by atoms with Crippen LogP contribution in [-0.4, -0.2) is 43.4 Å². The van der Waals surface area contributed by atoms with Crippen molar-refractivity contribution in [3.8, 4) is 16.9 Å². The SMILES string of the molecule is CCOC(=O)CCNC(=O)c1ccc(-c2ccc(OC)cc2C=O)cn1. The van der Waals surface area contributed by atoms with Gasteiger partial charge in [0.2, 0.25) is 0 Å². The van der Waals surface area contributed by atoms with Gasteiger partial charge in [0.15, 0.2) is 6.29 Å². The van der Waals surface area contributed by atoms with Crippen LogP contribution in [0.3, 0.4) is 0 Å². The Morgan fingerprint density at radius 1 is 1.23 bits per heavy atom. The number of methoxy groups -OCH3 is 1. The van der Waals surface area contributed by atoms with E-state index in [4.69, 9.17) is 9.47 Å². The smallest absolute Gasteiger partial charge is 0.307 e. The number of aldehydes is 1. The Hall–Kier alpha value is -3.22. The summed E-state index contributed by atoms with van der Waals surface area (Å²) in [6.07, 6.45) is 2.37. The molecule has 0 bridgehead atoms. The van der Waals surface area contributed by atoms with Gasteiger partial charge in [0.1, 0.15) is 11.4 Å².